The second-order valence-corrected chi connectivity index (χ2v) is 9.51. The number of carbonyl (C=O) groups is 1. The molecule has 0 bridgehead atoms. The number of aromatic nitrogens is 1. The van der Waals surface area contributed by atoms with Crippen molar-refractivity contribution < 1.29 is 17.6 Å². The van der Waals surface area contributed by atoms with Crippen LogP contribution in [0.2, 0.25) is 0 Å². The lowest BCUT2D eigenvalue weighted by Gasteiger charge is -2.33. The van der Waals surface area contributed by atoms with Crippen molar-refractivity contribution in [1.29, 1.82) is 0 Å². The van der Waals surface area contributed by atoms with Gasteiger partial charge in [0.05, 0.1) is 17.3 Å². The fourth-order valence-electron chi connectivity index (χ4n) is 3.11. The maximum atomic E-state index is 12.8. The molecule has 0 saturated carbocycles. The number of hydrogen-bond donors (Lipinski definition) is 0. The molecule has 6 nitrogen and oxygen atoms in total. The fraction of sp³-hybridized carbons (Fsp3) is 0.529. The average molecular weight is 383 g/mol. The van der Waals surface area contributed by atoms with E-state index < -0.39 is 9.84 Å². The van der Waals surface area contributed by atoms with Gasteiger partial charge in [-0.2, -0.15) is 0 Å². The Bertz CT molecular complexity index is 829. The first-order valence-corrected chi connectivity index (χ1v) is 11.2. The van der Waals surface area contributed by atoms with Crippen LogP contribution in [-0.2, 0) is 14.6 Å². The molecule has 0 aliphatic carbocycles. The highest BCUT2D eigenvalue weighted by Crippen LogP contribution is 2.26. The summed E-state index contributed by atoms with van der Waals surface area (Å²) in [4.78, 5) is 18.9. The van der Waals surface area contributed by atoms with Crippen LogP contribution in [0.15, 0.2) is 33.9 Å². The molecule has 0 unspecified atom stereocenters. The normalized spacial score (nSPS) is 20.6. The summed E-state index contributed by atoms with van der Waals surface area (Å²) in [5.41, 5.74) is 1.45. The molecule has 0 N–H and O–H groups in total. The second kappa shape index (κ2) is 7.37. The summed E-state index contributed by atoms with van der Waals surface area (Å²) >= 11 is 1.25. The fourth-order valence-corrected chi connectivity index (χ4v) is 5.53. The van der Waals surface area contributed by atoms with Crippen LogP contribution in [0.4, 0.5) is 0 Å². The summed E-state index contributed by atoms with van der Waals surface area (Å²) in [6, 6.07) is 7.24. The molecule has 136 valence electrons. The van der Waals surface area contributed by atoms with Crippen LogP contribution < -0.4 is 0 Å². The van der Waals surface area contributed by atoms with Gasteiger partial charge in [-0.1, -0.05) is 30.8 Å². The average Bonchev–Trinajstić information content (AvgIpc) is 3.15. The van der Waals surface area contributed by atoms with E-state index in [4.69, 9.17) is 4.42 Å². The highest BCUT2D eigenvalue weighted by atomic mass is 32.2. The molecule has 2 heterocycles. The summed E-state index contributed by atoms with van der Waals surface area (Å²) in [6.07, 6.45) is 1.31. The van der Waals surface area contributed by atoms with E-state index in [0.717, 1.165) is 11.9 Å². The molecule has 8 heteroatoms. The van der Waals surface area contributed by atoms with Gasteiger partial charge < -0.3 is 9.32 Å². The van der Waals surface area contributed by atoms with E-state index in [2.05, 4.69) is 4.98 Å². The molecule has 25 heavy (non-hydrogen) atoms. The van der Waals surface area contributed by atoms with Crippen LogP contribution in [0.1, 0.15) is 26.7 Å². The zero-order valence-corrected chi connectivity index (χ0v) is 16.0. The molecular weight excluding hydrogens is 360 g/mol. The molecule has 2 aromatic rings. The van der Waals surface area contributed by atoms with E-state index in [1.807, 2.05) is 38.1 Å². The Morgan fingerprint density at radius 1 is 1.44 bits per heavy atom. The highest BCUT2D eigenvalue weighted by molar-refractivity contribution is 7.99. The quantitative estimate of drug-likeness (QED) is 0.715. The summed E-state index contributed by atoms with van der Waals surface area (Å²) in [6.45, 7) is 3.97. The molecule has 1 amide bonds. The monoisotopic (exact) mass is 382 g/mol. The van der Waals surface area contributed by atoms with Crippen LogP contribution in [0.5, 0.6) is 0 Å². The molecular formula is C17H22N2O4S2. The van der Waals surface area contributed by atoms with E-state index >= 15 is 0 Å². The zero-order chi connectivity index (χ0) is 18.0. The topological polar surface area (TPSA) is 80.5 Å². The lowest BCUT2D eigenvalue weighted by atomic mass is 10.1. The number of hydrogen-bond acceptors (Lipinski definition) is 6. The van der Waals surface area contributed by atoms with Crippen LogP contribution in [0, 0.1) is 0 Å². The van der Waals surface area contributed by atoms with Crippen LogP contribution in [0.25, 0.3) is 11.1 Å². The third-order valence-electron chi connectivity index (χ3n) is 4.55. The van der Waals surface area contributed by atoms with Crippen molar-refractivity contribution in [1.82, 2.24) is 9.88 Å². The first kappa shape index (κ1) is 18.3. The minimum atomic E-state index is -3.03. The van der Waals surface area contributed by atoms with Crippen molar-refractivity contribution in [3.8, 4) is 0 Å². The molecule has 1 fully saturated rings. The lowest BCUT2D eigenvalue weighted by Crippen LogP contribution is -2.47. The van der Waals surface area contributed by atoms with Gasteiger partial charge in [0.25, 0.3) is 5.22 Å². The van der Waals surface area contributed by atoms with Gasteiger partial charge in [0.15, 0.2) is 15.4 Å². The predicted molar refractivity (Wildman–Crippen MR) is 98.4 cm³/mol. The van der Waals surface area contributed by atoms with Crippen molar-refractivity contribution >= 4 is 38.6 Å². The van der Waals surface area contributed by atoms with Gasteiger partial charge in [-0.15, -0.1) is 0 Å². The van der Waals surface area contributed by atoms with E-state index in [1.54, 1.807) is 4.90 Å². The molecule has 1 aromatic heterocycles. The molecule has 3 rings (SSSR count). The van der Waals surface area contributed by atoms with Crippen LogP contribution in [-0.4, -0.2) is 53.6 Å². The maximum absolute atomic E-state index is 12.8. The number of carbonyl (C=O) groups excluding carboxylic acids is 1. The number of fused-ring (bicyclic) bond motifs is 1. The second-order valence-electron chi connectivity index (χ2n) is 6.35. The number of benzene rings is 1. The highest BCUT2D eigenvalue weighted by Gasteiger charge is 2.36. The Labute approximate surface area is 151 Å². The summed E-state index contributed by atoms with van der Waals surface area (Å²) < 4.78 is 29.2. The molecule has 1 aliphatic heterocycles. The number of rotatable bonds is 6. The van der Waals surface area contributed by atoms with Gasteiger partial charge in [-0.05, 0) is 31.9 Å². The summed E-state index contributed by atoms with van der Waals surface area (Å²) in [7, 11) is -3.03. The van der Waals surface area contributed by atoms with Crippen molar-refractivity contribution in [2.75, 3.05) is 17.3 Å². The van der Waals surface area contributed by atoms with Crippen LogP contribution >= 0.6 is 11.8 Å². The lowest BCUT2D eigenvalue weighted by molar-refractivity contribution is -0.132. The van der Waals surface area contributed by atoms with E-state index in [1.165, 1.54) is 11.8 Å². The number of amides is 1. The number of thioether (sulfide) groups is 1. The minimum absolute atomic E-state index is 0.00929. The Balaban J connectivity index is 1.69. The van der Waals surface area contributed by atoms with Crippen molar-refractivity contribution in [3.63, 3.8) is 0 Å². The standard InChI is InChI=1S/C17H22N2O4S2/c1-3-12(2)19(13-8-9-25(21,22)11-13)16(20)10-24-17-18-14-6-4-5-7-15(14)23-17/h4-7,12-13H,3,8-11H2,1-2H3/t12-,13+/m1/s1. The van der Waals surface area contributed by atoms with Gasteiger partial charge in [-0.25, -0.2) is 13.4 Å². The SMILES string of the molecule is CC[C@@H](C)N(C(=O)CSc1nc2ccccc2o1)[C@H]1CCS(=O)(=O)C1. The number of nitrogens with zero attached hydrogens (tertiary/aromatic N) is 2. The molecule has 0 spiro atoms. The first-order chi connectivity index (χ1) is 11.9. The Kier molecular flexibility index (Phi) is 5.38. The zero-order valence-electron chi connectivity index (χ0n) is 14.3. The molecule has 1 saturated heterocycles. The number of oxazole rings is 1. The van der Waals surface area contributed by atoms with E-state index in [0.29, 0.717) is 17.2 Å². The smallest absolute Gasteiger partial charge is 0.257 e. The summed E-state index contributed by atoms with van der Waals surface area (Å²) in [5.74, 6) is 0.351. The van der Waals surface area contributed by atoms with E-state index in [-0.39, 0.29) is 35.2 Å². The van der Waals surface area contributed by atoms with Gasteiger partial charge in [0, 0.05) is 12.1 Å². The number of para-hydroxylation sites is 2. The Hall–Kier alpha value is -1.54. The predicted octanol–water partition coefficient (Wildman–Crippen LogP) is 2.73. The molecule has 1 aliphatic rings. The minimum Gasteiger partial charge on any atom is -0.431 e. The Morgan fingerprint density at radius 2 is 2.20 bits per heavy atom. The largest absolute Gasteiger partial charge is 0.431 e. The molecule has 2 atom stereocenters. The summed E-state index contributed by atoms with van der Waals surface area (Å²) in [5, 5.41) is 0.456. The molecule has 1 aromatic carbocycles. The van der Waals surface area contributed by atoms with Gasteiger partial charge in [0.1, 0.15) is 5.52 Å². The van der Waals surface area contributed by atoms with Crippen molar-refractivity contribution in [3.05, 3.63) is 24.3 Å². The van der Waals surface area contributed by atoms with E-state index in [9.17, 15) is 13.2 Å². The Morgan fingerprint density at radius 3 is 2.84 bits per heavy atom. The van der Waals surface area contributed by atoms with Gasteiger partial charge in [0.2, 0.25) is 5.91 Å². The maximum Gasteiger partial charge on any atom is 0.257 e. The third-order valence-corrected chi connectivity index (χ3v) is 7.11. The first-order valence-electron chi connectivity index (χ1n) is 8.39. The van der Waals surface area contributed by atoms with Crippen molar-refractivity contribution in [2.45, 2.75) is 44.0 Å². The molecule has 0 radical (unpaired) electrons. The van der Waals surface area contributed by atoms with Gasteiger partial charge >= 0.3 is 0 Å². The van der Waals surface area contributed by atoms with Crippen LogP contribution in [0.3, 0.4) is 0 Å². The van der Waals surface area contributed by atoms with Gasteiger partial charge in [-0.3, -0.25) is 4.79 Å². The van der Waals surface area contributed by atoms with Crippen molar-refractivity contribution in [2.24, 2.45) is 0 Å². The number of sulfone groups is 1. The third kappa shape index (κ3) is 4.17.